The van der Waals surface area contributed by atoms with E-state index in [4.69, 9.17) is 18.9 Å². The second-order valence-corrected chi connectivity index (χ2v) is 6.30. The maximum Gasteiger partial charge on any atom is 0.342 e. The van der Waals surface area contributed by atoms with Crippen LogP contribution < -0.4 is 4.74 Å². The maximum absolute atomic E-state index is 12.0. The predicted molar refractivity (Wildman–Crippen MR) is 98.0 cm³/mol. The number of methoxy groups -OCH3 is 2. The molecule has 0 bridgehead atoms. The average Bonchev–Trinajstić information content (AvgIpc) is 3.03. The van der Waals surface area contributed by atoms with Crippen molar-refractivity contribution in [3.05, 3.63) is 33.9 Å². The third-order valence-corrected chi connectivity index (χ3v) is 4.73. The fourth-order valence-corrected chi connectivity index (χ4v) is 3.22. The molecule has 0 saturated carbocycles. The van der Waals surface area contributed by atoms with Gasteiger partial charge < -0.3 is 24.1 Å². The molecule has 148 valence electrons. The number of phenols is 1. The second kappa shape index (κ2) is 8.90. The van der Waals surface area contributed by atoms with Crippen molar-refractivity contribution in [2.75, 3.05) is 20.8 Å². The molecule has 1 unspecified atom stereocenters. The van der Waals surface area contributed by atoms with Crippen molar-refractivity contribution < 1.29 is 33.6 Å². The van der Waals surface area contributed by atoms with Crippen LogP contribution >= 0.6 is 0 Å². The Morgan fingerprint density at radius 2 is 2.07 bits per heavy atom. The first-order chi connectivity index (χ1) is 12.8. The van der Waals surface area contributed by atoms with E-state index in [0.717, 1.165) is 11.1 Å². The molecule has 0 radical (unpaired) electrons. The number of benzene rings is 1. The second-order valence-electron chi connectivity index (χ2n) is 6.30. The van der Waals surface area contributed by atoms with E-state index in [1.54, 1.807) is 6.92 Å². The molecule has 1 atom stereocenters. The standard InChI is InChI=1S/C20H26O7/c1-6-26-16(21)9-15(24-4)11(2)7-8-13-18(22)17-14(10-27-20(17)23)12(3)19(13)25-5/h7,15,22H,6,8-10H2,1-5H3/b11-7+. The lowest BCUT2D eigenvalue weighted by molar-refractivity contribution is -0.145. The van der Waals surface area contributed by atoms with E-state index in [9.17, 15) is 14.7 Å². The molecule has 1 aromatic carbocycles. The van der Waals surface area contributed by atoms with Gasteiger partial charge in [0.15, 0.2) is 0 Å². The number of allylic oxidation sites excluding steroid dienone is 1. The third kappa shape index (κ3) is 4.24. The molecule has 1 heterocycles. The number of carbonyl (C=O) groups is 2. The smallest absolute Gasteiger partial charge is 0.342 e. The van der Waals surface area contributed by atoms with Gasteiger partial charge >= 0.3 is 11.9 Å². The van der Waals surface area contributed by atoms with E-state index in [2.05, 4.69) is 0 Å². The summed E-state index contributed by atoms with van der Waals surface area (Å²) in [7, 11) is 3.04. The first-order valence-electron chi connectivity index (χ1n) is 8.79. The van der Waals surface area contributed by atoms with Gasteiger partial charge in [-0.1, -0.05) is 6.08 Å². The van der Waals surface area contributed by atoms with Crippen molar-refractivity contribution in [2.24, 2.45) is 0 Å². The summed E-state index contributed by atoms with van der Waals surface area (Å²) in [6, 6.07) is 0. The zero-order chi connectivity index (χ0) is 20.1. The summed E-state index contributed by atoms with van der Waals surface area (Å²) in [4.78, 5) is 23.7. The van der Waals surface area contributed by atoms with Crippen LogP contribution in [0, 0.1) is 6.92 Å². The van der Waals surface area contributed by atoms with Crippen molar-refractivity contribution in [1.29, 1.82) is 0 Å². The number of hydrogen-bond donors (Lipinski definition) is 1. The minimum atomic E-state index is -0.535. The minimum Gasteiger partial charge on any atom is -0.507 e. The molecule has 0 aliphatic carbocycles. The predicted octanol–water partition coefficient (Wildman–Crippen LogP) is 2.84. The van der Waals surface area contributed by atoms with E-state index < -0.39 is 12.1 Å². The van der Waals surface area contributed by atoms with Crippen LogP contribution in [0.3, 0.4) is 0 Å². The van der Waals surface area contributed by atoms with Crippen molar-refractivity contribution in [3.63, 3.8) is 0 Å². The molecule has 0 spiro atoms. The summed E-state index contributed by atoms with van der Waals surface area (Å²) in [5.41, 5.74) is 2.93. The van der Waals surface area contributed by atoms with E-state index >= 15 is 0 Å². The normalized spacial score (nSPS) is 14.6. The Morgan fingerprint density at radius 3 is 2.67 bits per heavy atom. The Bertz CT molecular complexity index is 764. The molecule has 7 heteroatoms. The molecule has 1 aliphatic heterocycles. The molecule has 0 saturated heterocycles. The summed E-state index contributed by atoms with van der Waals surface area (Å²) in [5.74, 6) is -0.479. The number of cyclic esters (lactones) is 1. The van der Waals surface area contributed by atoms with Gasteiger partial charge in [-0.2, -0.15) is 0 Å². The Kier molecular flexibility index (Phi) is 6.85. The summed E-state index contributed by atoms with van der Waals surface area (Å²) in [6.45, 7) is 5.86. The monoisotopic (exact) mass is 378 g/mol. The van der Waals surface area contributed by atoms with Gasteiger partial charge in [-0.25, -0.2) is 4.79 Å². The zero-order valence-corrected chi connectivity index (χ0v) is 16.4. The largest absolute Gasteiger partial charge is 0.507 e. The van der Waals surface area contributed by atoms with Crippen LogP contribution in [-0.2, 0) is 32.0 Å². The number of ether oxygens (including phenoxy) is 4. The molecular formula is C20H26O7. The Hall–Kier alpha value is -2.54. The van der Waals surface area contributed by atoms with Gasteiger partial charge in [-0.3, -0.25) is 4.79 Å². The van der Waals surface area contributed by atoms with Gasteiger partial charge in [0.25, 0.3) is 0 Å². The van der Waals surface area contributed by atoms with Crippen LogP contribution in [0.5, 0.6) is 11.5 Å². The van der Waals surface area contributed by atoms with Crippen LogP contribution in [0.1, 0.15) is 47.3 Å². The van der Waals surface area contributed by atoms with Crippen molar-refractivity contribution in [3.8, 4) is 11.5 Å². The summed E-state index contributed by atoms with van der Waals surface area (Å²) in [5, 5.41) is 10.6. The molecule has 0 aromatic heterocycles. The Balaban J connectivity index is 2.32. The zero-order valence-electron chi connectivity index (χ0n) is 16.4. The first kappa shape index (κ1) is 20.8. The highest BCUT2D eigenvalue weighted by Crippen LogP contribution is 2.42. The SMILES string of the molecule is CCOC(=O)CC(OC)/C(C)=C/Cc1c(O)c2c(c(C)c1OC)COC2=O. The highest BCUT2D eigenvalue weighted by Gasteiger charge is 2.32. The van der Waals surface area contributed by atoms with Gasteiger partial charge in [-0.05, 0) is 38.3 Å². The molecule has 0 amide bonds. The van der Waals surface area contributed by atoms with Crippen LogP contribution in [0.2, 0.25) is 0 Å². The topological polar surface area (TPSA) is 91.3 Å². The average molecular weight is 378 g/mol. The molecule has 2 rings (SSSR count). The number of aromatic hydroxyl groups is 1. The van der Waals surface area contributed by atoms with E-state index in [0.29, 0.717) is 29.9 Å². The summed E-state index contributed by atoms with van der Waals surface area (Å²) >= 11 is 0. The van der Waals surface area contributed by atoms with Crippen molar-refractivity contribution in [2.45, 2.75) is 46.3 Å². The minimum absolute atomic E-state index is 0.103. The Morgan fingerprint density at radius 1 is 1.37 bits per heavy atom. The number of hydrogen-bond acceptors (Lipinski definition) is 7. The highest BCUT2D eigenvalue weighted by atomic mass is 16.5. The van der Waals surface area contributed by atoms with Gasteiger partial charge in [0.2, 0.25) is 0 Å². The van der Waals surface area contributed by atoms with Crippen LogP contribution in [0.4, 0.5) is 0 Å². The van der Waals surface area contributed by atoms with Gasteiger partial charge in [0.05, 0.1) is 26.2 Å². The van der Waals surface area contributed by atoms with E-state index in [1.165, 1.54) is 14.2 Å². The lowest BCUT2D eigenvalue weighted by Crippen LogP contribution is -2.19. The number of phenolic OH excluding ortho intramolecular Hbond substituents is 1. The fourth-order valence-electron chi connectivity index (χ4n) is 3.22. The first-order valence-corrected chi connectivity index (χ1v) is 8.79. The number of rotatable bonds is 8. The van der Waals surface area contributed by atoms with Gasteiger partial charge in [0, 0.05) is 18.2 Å². The molecule has 1 aliphatic rings. The van der Waals surface area contributed by atoms with Crippen LogP contribution in [0.25, 0.3) is 0 Å². The Labute approximate surface area is 158 Å². The van der Waals surface area contributed by atoms with E-state index in [-0.39, 0.29) is 30.3 Å². The molecule has 27 heavy (non-hydrogen) atoms. The van der Waals surface area contributed by atoms with Crippen molar-refractivity contribution in [1.82, 2.24) is 0 Å². The third-order valence-electron chi connectivity index (χ3n) is 4.73. The fraction of sp³-hybridized carbons (Fsp3) is 0.500. The molecule has 1 aromatic rings. The summed E-state index contributed by atoms with van der Waals surface area (Å²) < 4.78 is 20.9. The molecule has 1 N–H and O–H groups in total. The van der Waals surface area contributed by atoms with Crippen molar-refractivity contribution >= 4 is 11.9 Å². The van der Waals surface area contributed by atoms with Crippen LogP contribution in [-0.4, -0.2) is 44.0 Å². The van der Waals surface area contributed by atoms with Gasteiger partial charge in [-0.15, -0.1) is 0 Å². The summed E-state index contributed by atoms with van der Waals surface area (Å²) in [6.07, 6.45) is 1.82. The number of fused-ring (bicyclic) bond motifs is 1. The van der Waals surface area contributed by atoms with Crippen LogP contribution in [0.15, 0.2) is 11.6 Å². The molecule has 0 fully saturated rings. The quantitative estimate of drug-likeness (QED) is 0.549. The molecular weight excluding hydrogens is 352 g/mol. The number of carbonyl (C=O) groups excluding carboxylic acids is 2. The maximum atomic E-state index is 12.0. The lowest BCUT2D eigenvalue weighted by Gasteiger charge is -2.18. The van der Waals surface area contributed by atoms with Gasteiger partial charge in [0.1, 0.15) is 23.7 Å². The molecule has 7 nitrogen and oxygen atoms in total. The number of esters is 2. The van der Waals surface area contributed by atoms with E-state index in [1.807, 2.05) is 19.9 Å². The highest BCUT2D eigenvalue weighted by molar-refractivity contribution is 5.98. The lowest BCUT2D eigenvalue weighted by atomic mass is 9.94.